The van der Waals surface area contributed by atoms with Gasteiger partial charge in [0.2, 0.25) is 0 Å². The fourth-order valence-electron chi connectivity index (χ4n) is 1.63. The highest BCUT2D eigenvalue weighted by molar-refractivity contribution is 6.42. The second-order valence-corrected chi connectivity index (χ2v) is 4.65. The first-order valence-electron chi connectivity index (χ1n) is 5.30. The number of aliphatic hydroxyl groups is 1. The van der Waals surface area contributed by atoms with Crippen LogP contribution in [0.3, 0.4) is 0 Å². The number of nitrogens with zero attached hydrogens (tertiary/aromatic N) is 1. The molecule has 18 heavy (non-hydrogen) atoms. The third-order valence-electron chi connectivity index (χ3n) is 2.52. The summed E-state index contributed by atoms with van der Waals surface area (Å²) in [5, 5.41) is 10.8. The van der Waals surface area contributed by atoms with Crippen molar-refractivity contribution in [2.24, 2.45) is 0 Å². The fourth-order valence-corrected chi connectivity index (χ4v) is 1.95. The summed E-state index contributed by atoms with van der Waals surface area (Å²) in [4.78, 5) is 3.83. The number of rotatable bonds is 3. The Morgan fingerprint density at radius 1 is 1.22 bits per heavy atom. The molecule has 2 rings (SSSR count). The van der Waals surface area contributed by atoms with Crippen LogP contribution in [0.2, 0.25) is 10.0 Å². The summed E-state index contributed by atoms with van der Waals surface area (Å²) in [6.45, 7) is 0. The van der Waals surface area contributed by atoms with E-state index in [1.165, 1.54) is 18.3 Å². The zero-order chi connectivity index (χ0) is 13.1. The highest BCUT2D eigenvalue weighted by atomic mass is 35.5. The number of halogens is 3. The van der Waals surface area contributed by atoms with Crippen molar-refractivity contribution in [3.63, 3.8) is 0 Å². The van der Waals surface area contributed by atoms with Crippen molar-refractivity contribution in [2.45, 2.75) is 12.5 Å². The largest absolute Gasteiger partial charge is 0.386 e. The molecule has 0 fully saturated rings. The topological polar surface area (TPSA) is 33.1 Å². The lowest BCUT2D eigenvalue weighted by atomic mass is 10.1. The first kappa shape index (κ1) is 13.3. The van der Waals surface area contributed by atoms with Crippen molar-refractivity contribution in [3.8, 4) is 0 Å². The molecule has 1 aromatic heterocycles. The number of benzene rings is 1. The molecular formula is C13H10Cl2FNO. The van der Waals surface area contributed by atoms with Crippen molar-refractivity contribution in [3.05, 3.63) is 63.6 Å². The Kier molecular flexibility index (Phi) is 4.17. The van der Waals surface area contributed by atoms with Gasteiger partial charge in [0.15, 0.2) is 0 Å². The molecule has 2 nitrogen and oxygen atoms in total. The molecule has 1 heterocycles. The minimum Gasteiger partial charge on any atom is -0.386 e. The lowest BCUT2D eigenvalue weighted by Gasteiger charge is -2.11. The van der Waals surface area contributed by atoms with Crippen LogP contribution in [0.4, 0.5) is 4.39 Å². The molecule has 0 radical (unpaired) electrons. The zero-order valence-electron chi connectivity index (χ0n) is 9.28. The van der Waals surface area contributed by atoms with E-state index in [-0.39, 0.29) is 12.1 Å². The Balaban J connectivity index is 2.19. The maximum atomic E-state index is 13.4. The van der Waals surface area contributed by atoms with Crippen molar-refractivity contribution in [1.29, 1.82) is 0 Å². The molecule has 0 saturated carbocycles. The molecule has 0 amide bonds. The van der Waals surface area contributed by atoms with Gasteiger partial charge in [-0.25, -0.2) is 4.39 Å². The van der Waals surface area contributed by atoms with Gasteiger partial charge in [-0.05, 0) is 29.8 Å². The third kappa shape index (κ3) is 2.99. The van der Waals surface area contributed by atoms with Crippen LogP contribution in [0.5, 0.6) is 0 Å². The average Bonchev–Trinajstić information content (AvgIpc) is 2.34. The fraction of sp³-hybridized carbons (Fsp3) is 0.154. The molecule has 0 aliphatic carbocycles. The average molecular weight is 286 g/mol. The molecule has 1 unspecified atom stereocenters. The Morgan fingerprint density at radius 2 is 2.00 bits per heavy atom. The molecule has 94 valence electrons. The maximum Gasteiger partial charge on any atom is 0.147 e. The Morgan fingerprint density at radius 3 is 2.67 bits per heavy atom. The van der Waals surface area contributed by atoms with Gasteiger partial charge in [0.05, 0.1) is 10.0 Å². The van der Waals surface area contributed by atoms with Gasteiger partial charge in [0, 0.05) is 12.6 Å². The maximum absolute atomic E-state index is 13.4. The molecular weight excluding hydrogens is 276 g/mol. The number of aliphatic hydroxyl groups excluding tert-OH is 1. The summed E-state index contributed by atoms with van der Waals surface area (Å²) in [6.07, 6.45) is 0.657. The first-order valence-corrected chi connectivity index (χ1v) is 6.06. The standard InChI is InChI=1S/C13H10Cl2FNO/c14-9-4-3-8(6-10(9)15)7-12(18)13-11(16)2-1-5-17-13/h1-6,12,18H,7H2. The van der Waals surface area contributed by atoms with Crippen LogP contribution in [0.1, 0.15) is 17.4 Å². The predicted molar refractivity (Wildman–Crippen MR) is 69.3 cm³/mol. The SMILES string of the molecule is OC(Cc1ccc(Cl)c(Cl)c1)c1ncccc1F. The van der Waals surface area contributed by atoms with Gasteiger partial charge < -0.3 is 5.11 Å². The number of aromatic nitrogens is 1. The Hall–Kier alpha value is -1.16. The molecule has 0 aliphatic heterocycles. The van der Waals surface area contributed by atoms with Gasteiger partial charge >= 0.3 is 0 Å². The highest BCUT2D eigenvalue weighted by Crippen LogP contribution is 2.25. The minimum absolute atomic E-state index is 0.0311. The lowest BCUT2D eigenvalue weighted by molar-refractivity contribution is 0.168. The second-order valence-electron chi connectivity index (χ2n) is 3.84. The summed E-state index contributed by atoms with van der Waals surface area (Å²) in [5.74, 6) is -0.523. The smallest absolute Gasteiger partial charge is 0.147 e. The van der Waals surface area contributed by atoms with Gasteiger partial charge in [-0.1, -0.05) is 29.3 Å². The number of hydrogen-bond acceptors (Lipinski definition) is 2. The van der Waals surface area contributed by atoms with Gasteiger partial charge in [0.25, 0.3) is 0 Å². The predicted octanol–water partition coefficient (Wildman–Crippen LogP) is 3.80. The summed E-state index contributed by atoms with van der Waals surface area (Å²) in [7, 11) is 0. The second kappa shape index (κ2) is 5.65. The monoisotopic (exact) mass is 285 g/mol. The number of pyridine rings is 1. The molecule has 2 aromatic rings. The zero-order valence-corrected chi connectivity index (χ0v) is 10.8. The van der Waals surface area contributed by atoms with E-state index in [9.17, 15) is 9.50 Å². The molecule has 1 aromatic carbocycles. The van der Waals surface area contributed by atoms with E-state index in [4.69, 9.17) is 23.2 Å². The molecule has 0 bridgehead atoms. The summed E-state index contributed by atoms with van der Waals surface area (Å²) >= 11 is 11.7. The van der Waals surface area contributed by atoms with Crippen LogP contribution in [0.15, 0.2) is 36.5 Å². The van der Waals surface area contributed by atoms with Gasteiger partial charge in [-0.2, -0.15) is 0 Å². The van der Waals surface area contributed by atoms with Crippen molar-refractivity contribution >= 4 is 23.2 Å². The van der Waals surface area contributed by atoms with E-state index in [1.54, 1.807) is 18.2 Å². The van der Waals surface area contributed by atoms with E-state index in [1.807, 2.05) is 0 Å². The molecule has 0 saturated heterocycles. The van der Waals surface area contributed by atoms with Gasteiger partial charge in [0.1, 0.15) is 17.6 Å². The van der Waals surface area contributed by atoms with Crippen LogP contribution in [-0.4, -0.2) is 10.1 Å². The van der Waals surface area contributed by atoms with Crippen LogP contribution >= 0.6 is 23.2 Å². The first-order chi connectivity index (χ1) is 8.58. The van der Waals surface area contributed by atoms with Crippen LogP contribution in [0, 0.1) is 5.82 Å². The van der Waals surface area contributed by atoms with E-state index in [0.29, 0.717) is 10.0 Å². The highest BCUT2D eigenvalue weighted by Gasteiger charge is 2.15. The molecule has 5 heteroatoms. The molecule has 0 aliphatic rings. The normalized spacial score (nSPS) is 12.4. The molecule has 0 spiro atoms. The van der Waals surface area contributed by atoms with Crippen LogP contribution in [0.25, 0.3) is 0 Å². The molecule has 1 atom stereocenters. The van der Waals surface area contributed by atoms with E-state index in [0.717, 1.165) is 5.56 Å². The summed E-state index contributed by atoms with van der Waals surface area (Å²) in [6, 6.07) is 7.76. The van der Waals surface area contributed by atoms with E-state index < -0.39 is 11.9 Å². The molecule has 1 N–H and O–H groups in total. The van der Waals surface area contributed by atoms with E-state index in [2.05, 4.69) is 4.98 Å². The van der Waals surface area contributed by atoms with E-state index >= 15 is 0 Å². The lowest BCUT2D eigenvalue weighted by Crippen LogP contribution is -2.06. The quantitative estimate of drug-likeness (QED) is 0.930. The third-order valence-corrected chi connectivity index (χ3v) is 3.25. The summed E-state index contributed by atoms with van der Waals surface area (Å²) in [5.41, 5.74) is 0.797. The van der Waals surface area contributed by atoms with Crippen molar-refractivity contribution in [1.82, 2.24) is 4.98 Å². The van der Waals surface area contributed by atoms with Crippen LogP contribution in [-0.2, 0) is 6.42 Å². The minimum atomic E-state index is -1.01. The van der Waals surface area contributed by atoms with Gasteiger partial charge in [-0.3, -0.25) is 4.98 Å². The summed E-state index contributed by atoms with van der Waals surface area (Å²) < 4.78 is 13.4. The number of hydrogen-bond donors (Lipinski definition) is 1. The van der Waals surface area contributed by atoms with Crippen molar-refractivity contribution < 1.29 is 9.50 Å². The van der Waals surface area contributed by atoms with Gasteiger partial charge in [-0.15, -0.1) is 0 Å². The Labute approximate surface area is 114 Å². The Bertz CT molecular complexity index is 562. The van der Waals surface area contributed by atoms with Crippen LogP contribution < -0.4 is 0 Å². The van der Waals surface area contributed by atoms with Crippen molar-refractivity contribution in [2.75, 3.05) is 0 Å².